The van der Waals surface area contributed by atoms with Gasteiger partial charge in [0, 0.05) is 42.6 Å². The lowest BCUT2D eigenvalue weighted by molar-refractivity contribution is 0.349. The minimum absolute atomic E-state index is 0.279. The maximum absolute atomic E-state index is 12.8. The van der Waals surface area contributed by atoms with E-state index in [4.69, 9.17) is 0 Å². The van der Waals surface area contributed by atoms with Crippen molar-refractivity contribution in [3.05, 3.63) is 49.1 Å². The van der Waals surface area contributed by atoms with Gasteiger partial charge in [-0.3, -0.25) is 0 Å². The number of aromatic amines is 2. The minimum Gasteiger partial charge on any atom is -0.361 e. The summed E-state index contributed by atoms with van der Waals surface area (Å²) in [5, 5.41) is 2.40. The Morgan fingerprint density at radius 2 is 1.90 bits per heavy atom. The highest BCUT2D eigenvalue weighted by Gasteiger charge is 2.12. The molecule has 1 saturated carbocycles. The summed E-state index contributed by atoms with van der Waals surface area (Å²) in [5.41, 5.74) is 9.65. The molecule has 1 aromatic carbocycles. The van der Waals surface area contributed by atoms with E-state index in [1.807, 2.05) is 6.20 Å². The molecule has 3 heterocycles. The number of nitrogens with zero attached hydrogens (tertiary/aromatic N) is 3. The molecule has 0 unspecified atom stereocenters. The SMILES string of the molecule is CN(F)c1ncnc2[nH]ccc12.c1cc2cc(NNCC3CCCCC3)ccc2[nH]1. The molecule has 30 heavy (non-hydrogen) atoms. The quantitative estimate of drug-likeness (QED) is 0.277. The topological polar surface area (TPSA) is 84.7 Å². The first kappa shape index (κ1) is 20.2. The molecule has 0 spiro atoms. The number of hydrogen-bond acceptors (Lipinski definition) is 5. The van der Waals surface area contributed by atoms with Gasteiger partial charge in [0.15, 0.2) is 5.82 Å². The van der Waals surface area contributed by atoms with Crippen LogP contribution in [0.15, 0.2) is 49.1 Å². The Morgan fingerprint density at radius 3 is 2.73 bits per heavy atom. The third-order valence-corrected chi connectivity index (χ3v) is 5.53. The lowest BCUT2D eigenvalue weighted by atomic mass is 9.89. The molecule has 4 aromatic rings. The van der Waals surface area contributed by atoms with E-state index in [9.17, 15) is 4.48 Å². The van der Waals surface area contributed by atoms with Crippen LogP contribution in [0.2, 0.25) is 0 Å². The van der Waals surface area contributed by atoms with E-state index in [1.165, 1.54) is 56.4 Å². The van der Waals surface area contributed by atoms with Gasteiger partial charge < -0.3 is 15.4 Å². The van der Waals surface area contributed by atoms with Gasteiger partial charge >= 0.3 is 0 Å². The van der Waals surface area contributed by atoms with E-state index >= 15 is 0 Å². The molecule has 0 saturated heterocycles. The van der Waals surface area contributed by atoms with Crippen molar-refractivity contribution in [2.75, 3.05) is 24.1 Å². The van der Waals surface area contributed by atoms with Crippen LogP contribution in [0.3, 0.4) is 0 Å². The molecule has 158 valence electrons. The highest BCUT2D eigenvalue weighted by molar-refractivity contribution is 5.86. The Balaban J connectivity index is 0.000000158. The molecule has 0 bridgehead atoms. The zero-order valence-corrected chi connectivity index (χ0v) is 17.2. The molecular formula is C22H28FN7. The van der Waals surface area contributed by atoms with E-state index < -0.39 is 0 Å². The third kappa shape index (κ3) is 4.88. The molecule has 0 atom stereocenters. The van der Waals surface area contributed by atoms with Crippen molar-refractivity contribution in [1.82, 2.24) is 25.4 Å². The van der Waals surface area contributed by atoms with Crippen LogP contribution in [0.5, 0.6) is 0 Å². The second-order valence-electron chi connectivity index (χ2n) is 7.70. The molecule has 1 aliphatic carbocycles. The van der Waals surface area contributed by atoms with Crippen molar-refractivity contribution in [2.45, 2.75) is 32.1 Å². The summed E-state index contributed by atoms with van der Waals surface area (Å²) in [6.07, 6.45) is 12.0. The lowest BCUT2D eigenvalue weighted by Gasteiger charge is -2.22. The largest absolute Gasteiger partial charge is 0.361 e. The van der Waals surface area contributed by atoms with Gasteiger partial charge in [0.2, 0.25) is 0 Å². The summed E-state index contributed by atoms with van der Waals surface area (Å²) >= 11 is 0. The lowest BCUT2D eigenvalue weighted by Crippen LogP contribution is -2.29. The van der Waals surface area contributed by atoms with Crippen LogP contribution in [0.4, 0.5) is 16.0 Å². The average Bonchev–Trinajstić information content (AvgIpc) is 3.43. The van der Waals surface area contributed by atoms with Crippen molar-refractivity contribution in [3.63, 3.8) is 0 Å². The number of hydrazine groups is 1. The number of fused-ring (bicyclic) bond motifs is 2. The van der Waals surface area contributed by atoms with E-state index in [2.05, 4.69) is 55.1 Å². The standard InChI is InChI=1S/C15H21N3.C7H7FN4/c1-2-4-12(5-3-1)11-17-18-14-6-7-15-13(10-14)8-9-16-15;1-12(8)7-5-2-3-9-6(5)10-4-11-7/h6-10,12,16-18H,1-5,11H2;2-4H,1H3,(H,9,10,11). The molecule has 0 radical (unpaired) electrons. The summed E-state index contributed by atoms with van der Waals surface area (Å²) in [4.78, 5) is 13.8. The number of halogens is 1. The molecule has 1 fully saturated rings. The van der Waals surface area contributed by atoms with Crippen LogP contribution in [-0.2, 0) is 0 Å². The molecule has 7 nitrogen and oxygen atoms in total. The molecule has 8 heteroatoms. The van der Waals surface area contributed by atoms with Gasteiger partial charge in [0.25, 0.3) is 0 Å². The highest BCUT2D eigenvalue weighted by atomic mass is 19.2. The second kappa shape index (κ2) is 9.58. The number of H-pyrrole nitrogens is 2. The van der Waals surface area contributed by atoms with Crippen LogP contribution in [0, 0.1) is 5.92 Å². The van der Waals surface area contributed by atoms with Gasteiger partial charge in [0.1, 0.15) is 12.0 Å². The fourth-order valence-electron chi connectivity index (χ4n) is 3.92. The van der Waals surface area contributed by atoms with Crippen LogP contribution in [-0.4, -0.2) is 33.5 Å². The molecule has 0 aliphatic heterocycles. The van der Waals surface area contributed by atoms with E-state index in [-0.39, 0.29) is 5.82 Å². The Kier molecular flexibility index (Phi) is 6.44. The fourth-order valence-corrected chi connectivity index (χ4v) is 3.92. The van der Waals surface area contributed by atoms with Crippen molar-refractivity contribution < 1.29 is 4.48 Å². The molecule has 0 amide bonds. The van der Waals surface area contributed by atoms with Gasteiger partial charge in [-0.05, 0) is 49.1 Å². The minimum atomic E-state index is 0.279. The van der Waals surface area contributed by atoms with Gasteiger partial charge in [-0.15, -0.1) is 0 Å². The van der Waals surface area contributed by atoms with Crippen molar-refractivity contribution >= 4 is 33.4 Å². The Hall–Kier alpha value is -3.13. The number of aromatic nitrogens is 4. The predicted molar refractivity (Wildman–Crippen MR) is 120 cm³/mol. The smallest absolute Gasteiger partial charge is 0.169 e. The summed E-state index contributed by atoms with van der Waals surface area (Å²) < 4.78 is 12.8. The molecule has 4 N–H and O–H groups in total. The van der Waals surface area contributed by atoms with Gasteiger partial charge in [-0.2, -0.15) is 5.12 Å². The average molecular weight is 410 g/mol. The van der Waals surface area contributed by atoms with Crippen molar-refractivity contribution in [3.8, 4) is 0 Å². The fraction of sp³-hybridized carbons (Fsp3) is 0.364. The van der Waals surface area contributed by atoms with E-state index in [0.29, 0.717) is 16.2 Å². The first-order valence-corrected chi connectivity index (χ1v) is 10.4. The predicted octanol–water partition coefficient (Wildman–Crippen LogP) is 4.94. The van der Waals surface area contributed by atoms with Crippen LogP contribution in [0.25, 0.3) is 21.9 Å². The normalized spacial score (nSPS) is 14.5. The van der Waals surface area contributed by atoms with Crippen LogP contribution < -0.4 is 16.0 Å². The zero-order valence-electron chi connectivity index (χ0n) is 17.2. The van der Waals surface area contributed by atoms with E-state index in [1.54, 1.807) is 12.3 Å². The van der Waals surface area contributed by atoms with E-state index in [0.717, 1.165) is 18.2 Å². The summed E-state index contributed by atoms with van der Waals surface area (Å²) in [6.45, 7) is 1.07. The molecule has 1 aliphatic rings. The Bertz CT molecular complexity index is 1070. The first-order valence-electron chi connectivity index (χ1n) is 10.4. The van der Waals surface area contributed by atoms with Crippen LogP contribution >= 0.6 is 0 Å². The monoisotopic (exact) mass is 409 g/mol. The number of anilines is 2. The Morgan fingerprint density at radius 1 is 1.07 bits per heavy atom. The summed E-state index contributed by atoms with van der Waals surface area (Å²) in [5.74, 6) is 1.13. The molecule has 5 rings (SSSR count). The van der Waals surface area contributed by atoms with Crippen molar-refractivity contribution in [2.24, 2.45) is 5.92 Å². The highest BCUT2D eigenvalue weighted by Crippen LogP contribution is 2.23. The third-order valence-electron chi connectivity index (χ3n) is 5.53. The Labute approximate surface area is 175 Å². The van der Waals surface area contributed by atoms with Crippen molar-refractivity contribution in [1.29, 1.82) is 0 Å². The maximum atomic E-state index is 12.8. The number of benzene rings is 1. The number of nitrogens with one attached hydrogen (secondary N) is 4. The van der Waals surface area contributed by atoms with Gasteiger partial charge in [-0.25, -0.2) is 15.4 Å². The zero-order chi connectivity index (χ0) is 20.8. The summed E-state index contributed by atoms with van der Waals surface area (Å²) in [6, 6.07) is 10.2. The second-order valence-corrected chi connectivity index (χ2v) is 7.70. The van der Waals surface area contributed by atoms with Crippen LogP contribution in [0.1, 0.15) is 32.1 Å². The first-order chi connectivity index (χ1) is 14.7. The maximum Gasteiger partial charge on any atom is 0.169 e. The number of hydrogen-bond donors (Lipinski definition) is 4. The number of rotatable bonds is 5. The van der Waals surface area contributed by atoms with Gasteiger partial charge in [0.05, 0.1) is 5.39 Å². The summed E-state index contributed by atoms with van der Waals surface area (Å²) in [7, 11) is 1.30. The van der Waals surface area contributed by atoms with Gasteiger partial charge in [-0.1, -0.05) is 23.7 Å². The molecular weight excluding hydrogens is 381 g/mol. The molecule has 3 aromatic heterocycles.